The molecule has 0 radical (unpaired) electrons. The molecule has 0 bridgehead atoms. The number of hydrogen-bond donors (Lipinski definition) is 0. The first-order chi connectivity index (χ1) is 9.61. The zero-order valence-corrected chi connectivity index (χ0v) is 13.5. The van der Waals surface area contributed by atoms with E-state index in [1.54, 1.807) is 7.11 Å². The Bertz CT molecular complexity index is 534. The predicted molar refractivity (Wildman–Crippen MR) is 89.8 cm³/mol. The molecule has 106 valence electrons. The Balaban J connectivity index is 1.98. The van der Waals surface area contributed by atoms with Crippen LogP contribution in [0.3, 0.4) is 0 Å². The van der Waals surface area contributed by atoms with Crippen molar-refractivity contribution in [1.29, 1.82) is 0 Å². The van der Waals surface area contributed by atoms with Gasteiger partial charge in [0.2, 0.25) is 0 Å². The van der Waals surface area contributed by atoms with Crippen LogP contribution in [-0.2, 0) is 6.42 Å². The molecule has 0 spiro atoms. The van der Waals surface area contributed by atoms with Crippen LogP contribution < -0.4 is 10.0 Å². The molecular formula is C18H23OP. The molecule has 0 fully saturated rings. The standard InChI is InChI=1S/C18H23OP/c1-18(2,20-16-10-5-4-6-11-16)14-13-15-9-7-8-12-17(15)19-3/h4-12,20H,13-14H2,1-3H3. The van der Waals surface area contributed by atoms with Gasteiger partial charge in [0.15, 0.2) is 0 Å². The lowest BCUT2D eigenvalue weighted by atomic mass is 10.0. The lowest BCUT2D eigenvalue weighted by Crippen LogP contribution is -2.18. The fraction of sp³-hybridized carbons (Fsp3) is 0.333. The molecule has 0 aliphatic rings. The van der Waals surface area contributed by atoms with E-state index in [-0.39, 0.29) is 0 Å². The Morgan fingerprint density at radius 3 is 2.30 bits per heavy atom. The molecule has 2 aromatic carbocycles. The molecule has 2 heteroatoms. The average Bonchev–Trinajstić information content (AvgIpc) is 2.46. The third-order valence-corrected chi connectivity index (χ3v) is 5.02. The number of ether oxygens (including phenoxy) is 1. The maximum absolute atomic E-state index is 5.43. The zero-order valence-electron chi connectivity index (χ0n) is 12.5. The van der Waals surface area contributed by atoms with Crippen molar-refractivity contribution < 1.29 is 4.74 Å². The molecule has 0 aliphatic carbocycles. The van der Waals surface area contributed by atoms with Gasteiger partial charge in [-0.3, -0.25) is 0 Å². The summed E-state index contributed by atoms with van der Waals surface area (Å²) in [6.07, 6.45) is 2.23. The number of methoxy groups -OCH3 is 1. The molecule has 1 atom stereocenters. The summed E-state index contributed by atoms with van der Waals surface area (Å²) in [7, 11) is 2.59. The highest BCUT2D eigenvalue weighted by atomic mass is 31.1. The Kier molecular flexibility index (Phi) is 5.20. The van der Waals surface area contributed by atoms with Crippen molar-refractivity contribution in [2.75, 3.05) is 7.11 Å². The minimum absolute atomic E-state index is 0.322. The molecule has 0 heterocycles. The van der Waals surface area contributed by atoms with Crippen LogP contribution in [-0.4, -0.2) is 12.3 Å². The summed E-state index contributed by atoms with van der Waals surface area (Å²) in [5, 5.41) is 1.76. The highest BCUT2D eigenvalue weighted by Crippen LogP contribution is 2.35. The fourth-order valence-electron chi connectivity index (χ4n) is 2.33. The molecule has 0 N–H and O–H groups in total. The van der Waals surface area contributed by atoms with E-state index in [9.17, 15) is 0 Å². The Labute approximate surface area is 124 Å². The van der Waals surface area contributed by atoms with Crippen LogP contribution in [0.25, 0.3) is 0 Å². The van der Waals surface area contributed by atoms with E-state index in [0.717, 1.165) is 20.8 Å². The minimum Gasteiger partial charge on any atom is -0.496 e. The van der Waals surface area contributed by atoms with E-state index in [2.05, 4.69) is 56.3 Å². The average molecular weight is 286 g/mol. The van der Waals surface area contributed by atoms with Gasteiger partial charge in [0.1, 0.15) is 5.75 Å². The summed E-state index contributed by atoms with van der Waals surface area (Å²) in [6.45, 7) is 4.71. The van der Waals surface area contributed by atoms with Crippen molar-refractivity contribution in [3.63, 3.8) is 0 Å². The second kappa shape index (κ2) is 6.90. The van der Waals surface area contributed by atoms with Gasteiger partial charge in [-0.1, -0.05) is 71.0 Å². The second-order valence-electron chi connectivity index (χ2n) is 5.69. The molecule has 2 rings (SSSR count). The van der Waals surface area contributed by atoms with Gasteiger partial charge in [0.05, 0.1) is 7.11 Å². The largest absolute Gasteiger partial charge is 0.496 e. The summed E-state index contributed by atoms with van der Waals surface area (Å²) in [5.74, 6) is 1.01. The highest BCUT2D eigenvalue weighted by molar-refractivity contribution is 7.48. The highest BCUT2D eigenvalue weighted by Gasteiger charge is 2.19. The van der Waals surface area contributed by atoms with Crippen LogP contribution in [0.2, 0.25) is 0 Å². The van der Waals surface area contributed by atoms with Crippen molar-refractivity contribution in [2.24, 2.45) is 0 Å². The first-order valence-corrected chi connectivity index (χ1v) is 8.06. The van der Waals surface area contributed by atoms with Crippen molar-refractivity contribution >= 4 is 13.9 Å². The summed E-state index contributed by atoms with van der Waals surface area (Å²) in [4.78, 5) is 0. The molecule has 0 amide bonds. The zero-order chi connectivity index (χ0) is 14.4. The molecule has 0 saturated carbocycles. The molecule has 1 nitrogen and oxygen atoms in total. The summed E-state index contributed by atoms with van der Waals surface area (Å²) in [6, 6.07) is 19.1. The number of para-hydroxylation sites is 1. The van der Waals surface area contributed by atoms with Gasteiger partial charge in [-0.15, -0.1) is 0 Å². The SMILES string of the molecule is COc1ccccc1CCC(C)(C)Pc1ccccc1. The third kappa shape index (κ3) is 4.35. The normalized spacial score (nSPS) is 11.9. The fourth-order valence-corrected chi connectivity index (χ4v) is 3.72. The van der Waals surface area contributed by atoms with E-state index in [1.807, 2.05) is 12.1 Å². The van der Waals surface area contributed by atoms with Gasteiger partial charge in [-0.25, -0.2) is 0 Å². The summed E-state index contributed by atoms with van der Waals surface area (Å²) in [5.41, 5.74) is 1.31. The van der Waals surface area contributed by atoms with Crippen LogP contribution in [0.4, 0.5) is 0 Å². The summed E-state index contributed by atoms with van der Waals surface area (Å²) >= 11 is 0. The third-order valence-electron chi connectivity index (χ3n) is 3.47. The maximum Gasteiger partial charge on any atom is 0.122 e. The number of hydrogen-bond acceptors (Lipinski definition) is 1. The first-order valence-electron chi connectivity index (χ1n) is 7.06. The Hall–Kier alpha value is -1.33. The van der Waals surface area contributed by atoms with Crippen LogP contribution in [0.5, 0.6) is 5.75 Å². The van der Waals surface area contributed by atoms with Crippen molar-refractivity contribution in [1.82, 2.24) is 0 Å². The van der Waals surface area contributed by atoms with E-state index < -0.39 is 0 Å². The monoisotopic (exact) mass is 286 g/mol. The quantitative estimate of drug-likeness (QED) is 0.715. The molecule has 2 aromatic rings. The van der Waals surface area contributed by atoms with Gasteiger partial charge in [-0.2, -0.15) is 0 Å². The van der Waals surface area contributed by atoms with Gasteiger partial charge in [0.25, 0.3) is 0 Å². The number of benzene rings is 2. The molecule has 0 aliphatic heterocycles. The smallest absolute Gasteiger partial charge is 0.122 e. The van der Waals surface area contributed by atoms with Crippen molar-refractivity contribution in [3.05, 3.63) is 60.2 Å². The van der Waals surface area contributed by atoms with Gasteiger partial charge >= 0.3 is 0 Å². The minimum atomic E-state index is 0.322. The number of rotatable bonds is 6. The molecule has 20 heavy (non-hydrogen) atoms. The first kappa shape index (κ1) is 15.1. The lowest BCUT2D eigenvalue weighted by molar-refractivity contribution is 0.408. The lowest BCUT2D eigenvalue weighted by Gasteiger charge is -2.25. The van der Waals surface area contributed by atoms with Crippen LogP contribution in [0.1, 0.15) is 25.8 Å². The maximum atomic E-state index is 5.43. The van der Waals surface area contributed by atoms with Crippen LogP contribution in [0.15, 0.2) is 54.6 Å². The Morgan fingerprint density at radius 1 is 0.950 bits per heavy atom. The number of aryl methyl sites for hydroxylation is 1. The van der Waals surface area contributed by atoms with Gasteiger partial charge in [0, 0.05) is 0 Å². The predicted octanol–water partition coefficient (Wildman–Crippen LogP) is 4.41. The van der Waals surface area contributed by atoms with E-state index in [0.29, 0.717) is 5.16 Å². The Morgan fingerprint density at radius 2 is 1.60 bits per heavy atom. The van der Waals surface area contributed by atoms with E-state index >= 15 is 0 Å². The van der Waals surface area contributed by atoms with E-state index in [1.165, 1.54) is 17.3 Å². The molecule has 1 unspecified atom stereocenters. The summed E-state index contributed by atoms with van der Waals surface area (Å²) < 4.78 is 5.43. The van der Waals surface area contributed by atoms with Gasteiger partial charge in [-0.05, 0) is 34.9 Å². The molecular weight excluding hydrogens is 263 g/mol. The van der Waals surface area contributed by atoms with Crippen LogP contribution >= 0.6 is 8.58 Å². The van der Waals surface area contributed by atoms with Gasteiger partial charge < -0.3 is 4.74 Å². The van der Waals surface area contributed by atoms with Crippen molar-refractivity contribution in [3.8, 4) is 5.75 Å². The molecule has 0 saturated heterocycles. The topological polar surface area (TPSA) is 9.23 Å². The second-order valence-corrected chi connectivity index (χ2v) is 7.87. The van der Waals surface area contributed by atoms with Crippen molar-refractivity contribution in [2.45, 2.75) is 31.8 Å². The van der Waals surface area contributed by atoms with E-state index in [4.69, 9.17) is 4.74 Å². The van der Waals surface area contributed by atoms with Crippen LogP contribution in [0, 0.1) is 0 Å². The molecule has 0 aromatic heterocycles.